The fraction of sp³-hybridized carbons (Fsp3) is 0.429. The Labute approximate surface area is 127 Å². The largest absolute Gasteiger partial charge is 0.492 e. The first-order valence-corrected chi connectivity index (χ1v) is 7.00. The minimum absolute atomic E-state index is 0.331. The Morgan fingerprint density at radius 2 is 2.14 bits per heavy atom. The zero-order chi connectivity index (χ0) is 15.4. The Kier molecular flexibility index (Phi) is 5.03. The molecule has 7 heteroatoms. The standard InChI is InChI=1S/C14H16ClNO5/c1-2-20-10-4-3-8(7-9(10)15)16-13(17)11-5-6-12(21-11)14(18)19/h3-4,7,11-12H,2,5-6H2,1H3,(H,16,17)(H,18,19)/t11-,12+/m0/s1. The van der Waals surface area contributed by atoms with Crippen LogP contribution in [0.2, 0.25) is 5.02 Å². The van der Waals surface area contributed by atoms with Crippen LogP contribution in [0.4, 0.5) is 5.69 Å². The van der Waals surface area contributed by atoms with Crippen molar-refractivity contribution in [3.05, 3.63) is 23.2 Å². The number of carboxylic acids is 1. The van der Waals surface area contributed by atoms with Gasteiger partial charge in [-0.3, -0.25) is 4.79 Å². The van der Waals surface area contributed by atoms with E-state index in [-0.39, 0.29) is 5.91 Å². The molecule has 2 rings (SSSR count). The number of rotatable bonds is 5. The Morgan fingerprint density at radius 1 is 1.43 bits per heavy atom. The molecule has 114 valence electrons. The number of hydrogen-bond donors (Lipinski definition) is 2. The third-order valence-corrected chi connectivity index (χ3v) is 3.38. The molecule has 0 saturated carbocycles. The number of carbonyl (C=O) groups is 2. The maximum atomic E-state index is 12.0. The molecule has 0 spiro atoms. The summed E-state index contributed by atoms with van der Waals surface area (Å²) in [5.74, 6) is -0.881. The third kappa shape index (κ3) is 3.86. The smallest absolute Gasteiger partial charge is 0.332 e. The zero-order valence-electron chi connectivity index (χ0n) is 11.5. The summed E-state index contributed by atoms with van der Waals surface area (Å²) in [7, 11) is 0. The van der Waals surface area contributed by atoms with Gasteiger partial charge in [0.1, 0.15) is 11.9 Å². The highest BCUT2D eigenvalue weighted by Gasteiger charge is 2.34. The number of carboxylic acid groups (broad SMARTS) is 1. The van der Waals surface area contributed by atoms with Crippen LogP contribution < -0.4 is 10.1 Å². The molecule has 1 fully saturated rings. The molecule has 6 nitrogen and oxygen atoms in total. The van der Waals surface area contributed by atoms with Crippen LogP contribution in [-0.4, -0.2) is 35.8 Å². The van der Waals surface area contributed by atoms with Gasteiger partial charge in [-0.2, -0.15) is 0 Å². The fourth-order valence-electron chi connectivity index (χ4n) is 2.09. The molecule has 0 radical (unpaired) electrons. The lowest BCUT2D eigenvalue weighted by molar-refractivity contribution is -0.150. The number of aliphatic carboxylic acids is 1. The van der Waals surface area contributed by atoms with E-state index in [2.05, 4.69) is 5.32 Å². The average molecular weight is 314 g/mol. The second-order valence-electron chi connectivity index (χ2n) is 4.60. The van der Waals surface area contributed by atoms with Gasteiger partial charge < -0.3 is 19.9 Å². The van der Waals surface area contributed by atoms with Gasteiger partial charge >= 0.3 is 5.97 Å². The average Bonchev–Trinajstić information content (AvgIpc) is 2.92. The van der Waals surface area contributed by atoms with Crippen molar-refractivity contribution in [1.29, 1.82) is 0 Å². The minimum atomic E-state index is -1.05. The topological polar surface area (TPSA) is 84.9 Å². The maximum absolute atomic E-state index is 12.0. The van der Waals surface area contributed by atoms with Crippen LogP contribution >= 0.6 is 11.6 Å². The summed E-state index contributed by atoms with van der Waals surface area (Å²) in [6.07, 6.45) is -0.952. The number of nitrogens with one attached hydrogen (secondary N) is 1. The van der Waals surface area contributed by atoms with E-state index in [1.165, 1.54) is 0 Å². The number of benzene rings is 1. The number of anilines is 1. The lowest BCUT2D eigenvalue weighted by Crippen LogP contribution is -2.29. The van der Waals surface area contributed by atoms with Gasteiger partial charge in [-0.05, 0) is 38.0 Å². The number of amides is 1. The first kappa shape index (κ1) is 15.6. The van der Waals surface area contributed by atoms with E-state index in [4.69, 9.17) is 26.2 Å². The van der Waals surface area contributed by atoms with E-state index in [1.54, 1.807) is 18.2 Å². The summed E-state index contributed by atoms with van der Waals surface area (Å²) in [5.41, 5.74) is 0.510. The van der Waals surface area contributed by atoms with Crippen molar-refractivity contribution in [1.82, 2.24) is 0 Å². The molecule has 2 atom stereocenters. The van der Waals surface area contributed by atoms with Crippen molar-refractivity contribution in [3.63, 3.8) is 0 Å². The molecule has 1 saturated heterocycles. The molecule has 1 aromatic rings. The highest BCUT2D eigenvalue weighted by atomic mass is 35.5. The van der Waals surface area contributed by atoms with Gasteiger partial charge in [-0.15, -0.1) is 0 Å². The van der Waals surface area contributed by atoms with Crippen LogP contribution in [0.15, 0.2) is 18.2 Å². The maximum Gasteiger partial charge on any atom is 0.332 e. The summed E-state index contributed by atoms with van der Waals surface area (Å²) in [6.45, 7) is 2.35. The van der Waals surface area contributed by atoms with Crippen molar-refractivity contribution in [2.45, 2.75) is 32.0 Å². The number of halogens is 1. The summed E-state index contributed by atoms with van der Waals surface area (Å²) in [6, 6.07) is 4.91. The molecule has 0 aromatic heterocycles. The first-order valence-electron chi connectivity index (χ1n) is 6.62. The van der Waals surface area contributed by atoms with E-state index in [9.17, 15) is 9.59 Å². The van der Waals surface area contributed by atoms with Crippen molar-refractivity contribution in [2.24, 2.45) is 0 Å². The normalized spacial score (nSPS) is 21.0. The van der Waals surface area contributed by atoms with E-state index in [0.717, 1.165) is 0 Å². The highest BCUT2D eigenvalue weighted by molar-refractivity contribution is 6.32. The lowest BCUT2D eigenvalue weighted by Gasteiger charge is -2.13. The van der Waals surface area contributed by atoms with E-state index >= 15 is 0 Å². The van der Waals surface area contributed by atoms with E-state index in [1.807, 2.05) is 6.92 Å². The Balaban J connectivity index is 1.97. The predicted molar refractivity (Wildman–Crippen MR) is 76.8 cm³/mol. The fourth-order valence-corrected chi connectivity index (χ4v) is 2.32. The van der Waals surface area contributed by atoms with Crippen LogP contribution in [0.3, 0.4) is 0 Å². The van der Waals surface area contributed by atoms with Gasteiger partial charge in [0.15, 0.2) is 6.10 Å². The molecular formula is C14H16ClNO5. The molecular weight excluding hydrogens is 298 g/mol. The number of hydrogen-bond acceptors (Lipinski definition) is 4. The van der Waals surface area contributed by atoms with Crippen LogP contribution in [-0.2, 0) is 14.3 Å². The predicted octanol–water partition coefficient (Wildman–Crippen LogP) is 2.31. The van der Waals surface area contributed by atoms with Gasteiger partial charge in [0.25, 0.3) is 5.91 Å². The van der Waals surface area contributed by atoms with Crippen molar-refractivity contribution < 1.29 is 24.2 Å². The Bertz CT molecular complexity index is 548. The van der Waals surface area contributed by atoms with E-state index in [0.29, 0.717) is 35.9 Å². The van der Waals surface area contributed by atoms with E-state index < -0.39 is 18.2 Å². The van der Waals surface area contributed by atoms with Crippen LogP contribution in [0.25, 0.3) is 0 Å². The monoisotopic (exact) mass is 313 g/mol. The lowest BCUT2D eigenvalue weighted by atomic mass is 10.2. The summed E-state index contributed by atoms with van der Waals surface area (Å²) in [4.78, 5) is 22.8. The molecule has 1 aromatic carbocycles. The van der Waals surface area contributed by atoms with Gasteiger partial charge in [0.05, 0.1) is 11.6 Å². The molecule has 1 aliphatic heterocycles. The van der Waals surface area contributed by atoms with Crippen molar-refractivity contribution >= 4 is 29.2 Å². The molecule has 21 heavy (non-hydrogen) atoms. The molecule has 2 N–H and O–H groups in total. The summed E-state index contributed by atoms with van der Waals surface area (Å²) >= 11 is 6.03. The van der Waals surface area contributed by atoms with Crippen LogP contribution in [0.1, 0.15) is 19.8 Å². The zero-order valence-corrected chi connectivity index (χ0v) is 12.2. The molecule has 0 aliphatic carbocycles. The first-order chi connectivity index (χ1) is 10.0. The third-order valence-electron chi connectivity index (χ3n) is 3.09. The van der Waals surface area contributed by atoms with Crippen molar-refractivity contribution in [3.8, 4) is 5.75 Å². The molecule has 1 amide bonds. The van der Waals surface area contributed by atoms with Crippen LogP contribution in [0.5, 0.6) is 5.75 Å². The second kappa shape index (κ2) is 6.78. The number of carbonyl (C=O) groups excluding carboxylic acids is 1. The Morgan fingerprint density at radius 3 is 2.71 bits per heavy atom. The summed E-state index contributed by atoms with van der Waals surface area (Å²) in [5, 5.41) is 11.9. The quantitative estimate of drug-likeness (QED) is 0.871. The van der Waals surface area contributed by atoms with Gasteiger partial charge in [-0.25, -0.2) is 4.79 Å². The molecule has 1 aliphatic rings. The molecule has 0 bridgehead atoms. The van der Waals surface area contributed by atoms with Crippen molar-refractivity contribution in [2.75, 3.05) is 11.9 Å². The summed E-state index contributed by atoms with van der Waals surface area (Å²) < 4.78 is 10.5. The van der Waals surface area contributed by atoms with Gasteiger partial charge in [-0.1, -0.05) is 11.6 Å². The molecule has 0 unspecified atom stereocenters. The van der Waals surface area contributed by atoms with Crippen LogP contribution in [0, 0.1) is 0 Å². The highest BCUT2D eigenvalue weighted by Crippen LogP contribution is 2.28. The molecule has 1 heterocycles. The van der Waals surface area contributed by atoms with Gasteiger partial charge in [0, 0.05) is 5.69 Å². The number of ether oxygens (including phenoxy) is 2. The van der Waals surface area contributed by atoms with Gasteiger partial charge in [0.2, 0.25) is 0 Å². The SMILES string of the molecule is CCOc1ccc(NC(=O)[C@@H]2CC[C@H](C(=O)O)O2)cc1Cl. The minimum Gasteiger partial charge on any atom is -0.492 e. The Hall–Kier alpha value is -1.79. The second-order valence-corrected chi connectivity index (χ2v) is 5.00.